The molecular formula is C60H50N2. The quantitative estimate of drug-likeness (QED) is 0.158. The van der Waals surface area contributed by atoms with Crippen LogP contribution >= 0.6 is 0 Å². The summed E-state index contributed by atoms with van der Waals surface area (Å²) in [6.45, 7) is 4.87. The monoisotopic (exact) mass is 798 g/mol. The highest BCUT2D eigenvalue weighted by atomic mass is 15.2. The zero-order valence-corrected chi connectivity index (χ0v) is 35.5. The van der Waals surface area contributed by atoms with Crippen LogP contribution in [0.1, 0.15) is 67.7 Å². The number of nitrogens with zero attached hydrogens (tertiary/aromatic N) is 2. The van der Waals surface area contributed by atoms with Crippen molar-refractivity contribution in [2.24, 2.45) is 5.92 Å². The van der Waals surface area contributed by atoms with E-state index in [4.69, 9.17) is 0 Å². The zero-order valence-electron chi connectivity index (χ0n) is 35.5. The van der Waals surface area contributed by atoms with Crippen LogP contribution in [-0.2, 0) is 10.8 Å². The number of fused-ring (bicyclic) bond motifs is 9. The number of allylic oxidation sites excluding steroid dienone is 3. The number of hydrogen-bond acceptors (Lipinski definition) is 2. The highest BCUT2D eigenvalue weighted by Crippen LogP contribution is 2.62. The Bertz CT molecular complexity index is 3040. The molecule has 0 radical (unpaired) electrons. The van der Waals surface area contributed by atoms with Gasteiger partial charge < -0.3 is 9.80 Å². The molecule has 0 amide bonds. The second-order valence-electron chi connectivity index (χ2n) is 18.5. The Morgan fingerprint density at radius 1 is 0.500 bits per heavy atom. The summed E-state index contributed by atoms with van der Waals surface area (Å²) in [5, 5.41) is 2.56. The van der Waals surface area contributed by atoms with Gasteiger partial charge in [-0.05, 0) is 129 Å². The molecule has 1 fully saturated rings. The largest absolute Gasteiger partial charge is 0.311 e. The van der Waals surface area contributed by atoms with Crippen molar-refractivity contribution in [3.63, 3.8) is 0 Å². The van der Waals surface area contributed by atoms with Crippen molar-refractivity contribution < 1.29 is 0 Å². The lowest BCUT2D eigenvalue weighted by atomic mass is 9.74. The first-order chi connectivity index (χ1) is 30.5. The maximum Gasteiger partial charge on any atom is 0.0621 e. The lowest BCUT2D eigenvalue weighted by Crippen LogP contribution is -2.28. The van der Waals surface area contributed by atoms with E-state index in [1.54, 1.807) is 0 Å². The van der Waals surface area contributed by atoms with Gasteiger partial charge >= 0.3 is 0 Å². The molecule has 0 N–H and O–H groups in total. The molecule has 2 atom stereocenters. The summed E-state index contributed by atoms with van der Waals surface area (Å²) in [7, 11) is 0. The molecule has 4 aliphatic carbocycles. The van der Waals surface area contributed by atoms with Crippen LogP contribution < -0.4 is 9.80 Å². The second kappa shape index (κ2) is 14.4. The summed E-state index contributed by atoms with van der Waals surface area (Å²) in [6.07, 6.45) is 12.2. The maximum atomic E-state index is 2.58. The van der Waals surface area contributed by atoms with Gasteiger partial charge in [0.15, 0.2) is 0 Å². The zero-order chi connectivity index (χ0) is 41.4. The Morgan fingerprint density at radius 3 is 1.84 bits per heavy atom. The Hall–Kier alpha value is -6.90. The van der Waals surface area contributed by atoms with Crippen LogP contribution in [0.15, 0.2) is 212 Å². The van der Waals surface area contributed by atoms with Crippen LogP contribution in [0.2, 0.25) is 0 Å². The average Bonchev–Trinajstić information content (AvgIpc) is 3.99. The summed E-state index contributed by atoms with van der Waals surface area (Å²) >= 11 is 0. The van der Waals surface area contributed by atoms with Crippen molar-refractivity contribution in [3.05, 3.63) is 234 Å². The van der Waals surface area contributed by atoms with Gasteiger partial charge in [-0.1, -0.05) is 172 Å². The van der Waals surface area contributed by atoms with Gasteiger partial charge in [-0.2, -0.15) is 0 Å². The molecule has 8 aromatic rings. The standard InChI is InChI=1S/C60H50N2/c1-59(2)53-27-15-14-26-50(53)51-34-32-47(39-54(51)59)61(44-21-8-4-9-22-44)48-33-35-52-55(40-48)60(36-16-17-37-60)56-38-43-20-12-13-25-49(43)58(57(52)56)62(45-23-10-5-11-24-45)46-30-28-42(29-31-46)41-18-6-3-7-19-41/h3-15,18-35,38-40,51,54H,16-17,36-37H2,1-2H3. The van der Waals surface area contributed by atoms with Crippen LogP contribution in [0.5, 0.6) is 0 Å². The van der Waals surface area contributed by atoms with Gasteiger partial charge in [-0.25, -0.2) is 0 Å². The predicted molar refractivity (Wildman–Crippen MR) is 260 cm³/mol. The lowest BCUT2D eigenvalue weighted by molar-refractivity contribution is 0.392. The SMILES string of the molecule is CC1(C)c2ccccc2C2C=CC(N(c3ccccc3)c3ccc4c(c3)C3(CCCC3)c3cc5ccccc5c(N(c5ccccc5)c5ccc(-c6ccccc6)cc5)c3-4)=CC21. The minimum atomic E-state index is -0.0711. The van der Waals surface area contributed by atoms with Crippen LogP contribution in [0.4, 0.5) is 28.4 Å². The van der Waals surface area contributed by atoms with E-state index < -0.39 is 0 Å². The van der Waals surface area contributed by atoms with Crippen LogP contribution in [0, 0.1) is 5.92 Å². The highest BCUT2D eigenvalue weighted by Gasteiger charge is 2.48. The Morgan fingerprint density at radius 2 is 1.10 bits per heavy atom. The number of hydrogen-bond donors (Lipinski definition) is 0. The highest BCUT2D eigenvalue weighted by molar-refractivity contribution is 6.10. The average molecular weight is 799 g/mol. The topological polar surface area (TPSA) is 6.48 Å². The van der Waals surface area contributed by atoms with Crippen LogP contribution in [-0.4, -0.2) is 0 Å². The van der Waals surface area contributed by atoms with Gasteiger partial charge in [0.25, 0.3) is 0 Å². The van der Waals surface area contributed by atoms with Crippen molar-refractivity contribution in [2.45, 2.75) is 56.3 Å². The first-order valence-corrected chi connectivity index (χ1v) is 22.6. The molecule has 0 aromatic heterocycles. The maximum absolute atomic E-state index is 2.58. The van der Waals surface area contributed by atoms with E-state index in [0.29, 0.717) is 11.8 Å². The fraction of sp³-hybridized carbons (Fsp3) is 0.167. The second-order valence-corrected chi connectivity index (χ2v) is 18.5. The molecule has 12 rings (SSSR count). The minimum Gasteiger partial charge on any atom is -0.311 e. The molecule has 0 saturated heterocycles. The molecule has 0 aliphatic heterocycles. The molecule has 8 aromatic carbocycles. The smallest absolute Gasteiger partial charge is 0.0621 e. The molecular weight excluding hydrogens is 749 g/mol. The molecule has 1 spiro atoms. The van der Waals surface area contributed by atoms with Crippen molar-refractivity contribution in [1.82, 2.24) is 0 Å². The summed E-state index contributed by atoms with van der Waals surface area (Å²) in [5.74, 6) is 0.750. The summed E-state index contributed by atoms with van der Waals surface area (Å²) in [6, 6.07) is 70.1. The van der Waals surface area contributed by atoms with Gasteiger partial charge in [0.1, 0.15) is 0 Å². The Labute approximate surface area is 366 Å². The van der Waals surface area contributed by atoms with E-state index in [2.05, 4.69) is 230 Å². The molecule has 62 heavy (non-hydrogen) atoms. The van der Waals surface area contributed by atoms with E-state index in [9.17, 15) is 0 Å². The van der Waals surface area contributed by atoms with E-state index >= 15 is 0 Å². The molecule has 1 saturated carbocycles. The van der Waals surface area contributed by atoms with E-state index in [0.717, 1.165) is 24.2 Å². The van der Waals surface area contributed by atoms with Crippen molar-refractivity contribution in [1.29, 1.82) is 0 Å². The molecule has 2 heteroatoms. The third-order valence-corrected chi connectivity index (χ3v) is 14.8. The van der Waals surface area contributed by atoms with E-state index in [1.807, 2.05) is 0 Å². The van der Waals surface area contributed by atoms with Gasteiger partial charge in [0.05, 0.1) is 5.69 Å². The van der Waals surface area contributed by atoms with Gasteiger partial charge in [-0.3, -0.25) is 0 Å². The number of para-hydroxylation sites is 2. The number of rotatable bonds is 7. The molecule has 4 aliphatic rings. The van der Waals surface area contributed by atoms with Gasteiger partial charge in [-0.15, -0.1) is 0 Å². The first-order valence-electron chi connectivity index (χ1n) is 22.6. The molecule has 300 valence electrons. The van der Waals surface area contributed by atoms with Crippen LogP contribution in [0.3, 0.4) is 0 Å². The molecule has 0 heterocycles. The lowest BCUT2D eigenvalue weighted by Gasteiger charge is -2.35. The third-order valence-electron chi connectivity index (χ3n) is 14.8. The Kier molecular flexibility index (Phi) is 8.54. The van der Waals surface area contributed by atoms with Crippen molar-refractivity contribution in [2.75, 3.05) is 9.80 Å². The van der Waals surface area contributed by atoms with E-state index in [-0.39, 0.29) is 10.8 Å². The van der Waals surface area contributed by atoms with Crippen LogP contribution in [0.25, 0.3) is 33.0 Å². The molecule has 2 unspecified atom stereocenters. The van der Waals surface area contributed by atoms with Crippen molar-refractivity contribution in [3.8, 4) is 22.3 Å². The third kappa shape index (κ3) is 5.62. The first kappa shape index (κ1) is 36.9. The molecule has 2 nitrogen and oxygen atoms in total. The fourth-order valence-corrected chi connectivity index (χ4v) is 11.9. The minimum absolute atomic E-state index is 0.0258. The predicted octanol–water partition coefficient (Wildman–Crippen LogP) is 16.1. The van der Waals surface area contributed by atoms with Gasteiger partial charge in [0, 0.05) is 50.7 Å². The number of anilines is 5. The summed E-state index contributed by atoms with van der Waals surface area (Å²) < 4.78 is 0. The fourth-order valence-electron chi connectivity index (χ4n) is 11.9. The van der Waals surface area contributed by atoms with Crippen molar-refractivity contribution >= 4 is 39.2 Å². The number of benzene rings is 8. The Balaban J connectivity index is 1.06. The normalized spacial score (nSPS) is 18.5. The molecule has 0 bridgehead atoms. The van der Waals surface area contributed by atoms with Gasteiger partial charge in [0.2, 0.25) is 0 Å². The summed E-state index contributed by atoms with van der Waals surface area (Å²) in [4.78, 5) is 5.06. The van der Waals surface area contributed by atoms with E-state index in [1.165, 1.54) is 90.9 Å². The summed E-state index contributed by atoms with van der Waals surface area (Å²) in [5.41, 5.74) is 18.3.